The van der Waals surface area contributed by atoms with Crippen molar-refractivity contribution in [1.82, 2.24) is 0 Å². The van der Waals surface area contributed by atoms with E-state index < -0.39 is 0 Å². The number of aromatic hydroxyl groups is 2. The van der Waals surface area contributed by atoms with Crippen LogP contribution in [-0.2, 0) is 6.42 Å². The quantitative estimate of drug-likeness (QED) is 0.790. The normalized spacial score (nSPS) is 10.5. The van der Waals surface area contributed by atoms with Crippen LogP contribution in [0.4, 0.5) is 0 Å². The number of hydrogen-bond donors (Lipinski definition) is 2. The van der Waals surface area contributed by atoms with Gasteiger partial charge in [0, 0.05) is 5.56 Å². The highest BCUT2D eigenvalue weighted by atomic mass is 16.3. The first kappa shape index (κ1) is 9.65. The zero-order valence-electron chi connectivity index (χ0n) is 8.40. The van der Waals surface area contributed by atoms with Crippen molar-refractivity contribution in [3.63, 3.8) is 0 Å². The van der Waals surface area contributed by atoms with Crippen molar-refractivity contribution < 1.29 is 14.6 Å². The summed E-state index contributed by atoms with van der Waals surface area (Å²) in [6.07, 6.45) is 2.12. The highest BCUT2D eigenvalue weighted by molar-refractivity contribution is 5.69. The number of phenols is 2. The third-order valence-electron chi connectivity index (χ3n) is 2.40. The summed E-state index contributed by atoms with van der Waals surface area (Å²) in [7, 11) is 0. The average molecular weight is 204 g/mol. The van der Waals surface area contributed by atoms with Gasteiger partial charge in [-0.2, -0.15) is 0 Å². The second kappa shape index (κ2) is 3.69. The van der Waals surface area contributed by atoms with Crippen LogP contribution in [0.3, 0.4) is 0 Å². The molecular weight excluding hydrogens is 192 g/mol. The van der Waals surface area contributed by atoms with E-state index in [4.69, 9.17) is 4.42 Å². The molecule has 2 N–H and O–H groups in total. The predicted molar refractivity (Wildman–Crippen MR) is 56.9 cm³/mol. The standard InChI is InChI=1S/C12H12O3/c1-2-8-10(13)6-5-9(12(8)14)11-4-3-7-15-11/h3-7,13-14H,2H2,1H3. The molecule has 0 unspecified atom stereocenters. The molecule has 3 heteroatoms. The van der Waals surface area contributed by atoms with Crippen LogP contribution in [0.5, 0.6) is 11.5 Å². The fraction of sp³-hybridized carbons (Fsp3) is 0.167. The second-order valence-corrected chi connectivity index (χ2v) is 3.29. The van der Waals surface area contributed by atoms with Gasteiger partial charge in [-0.15, -0.1) is 0 Å². The lowest BCUT2D eigenvalue weighted by Gasteiger charge is -2.08. The van der Waals surface area contributed by atoms with E-state index in [1.54, 1.807) is 30.5 Å². The van der Waals surface area contributed by atoms with Crippen LogP contribution >= 0.6 is 0 Å². The molecule has 0 amide bonds. The van der Waals surface area contributed by atoms with Crippen LogP contribution in [0, 0.1) is 0 Å². The van der Waals surface area contributed by atoms with E-state index in [1.165, 1.54) is 0 Å². The Hall–Kier alpha value is -1.90. The Morgan fingerprint density at radius 2 is 2.00 bits per heavy atom. The molecule has 0 spiro atoms. The molecule has 1 heterocycles. The van der Waals surface area contributed by atoms with Crippen LogP contribution in [-0.4, -0.2) is 10.2 Å². The molecule has 0 radical (unpaired) electrons. The van der Waals surface area contributed by atoms with Gasteiger partial charge in [0.25, 0.3) is 0 Å². The largest absolute Gasteiger partial charge is 0.508 e. The summed E-state index contributed by atoms with van der Waals surface area (Å²) < 4.78 is 5.20. The van der Waals surface area contributed by atoms with Gasteiger partial charge in [-0.1, -0.05) is 6.92 Å². The van der Waals surface area contributed by atoms with Crippen LogP contribution in [0.1, 0.15) is 12.5 Å². The maximum absolute atomic E-state index is 9.92. The molecule has 1 aromatic carbocycles. The van der Waals surface area contributed by atoms with E-state index in [-0.39, 0.29) is 11.5 Å². The number of phenolic OH excluding ortho intramolecular Hbond substituents is 2. The molecule has 0 atom stereocenters. The summed E-state index contributed by atoms with van der Waals surface area (Å²) in [5.74, 6) is 0.806. The second-order valence-electron chi connectivity index (χ2n) is 3.29. The summed E-state index contributed by atoms with van der Waals surface area (Å²) in [6, 6.07) is 6.73. The van der Waals surface area contributed by atoms with Crippen molar-refractivity contribution in [1.29, 1.82) is 0 Å². The van der Waals surface area contributed by atoms with Crippen molar-refractivity contribution in [3.05, 3.63) is 36.1 Å². The SMILES string of the molecule is CCc1c(O)ccc(-c2ccco2)c1O. The van der Waals surface area contributed by atoms with Crippen molar-refractivity contribution in [2.45, 2.75) is 13.3 Å². The van der Waals surface area contributed by atoms with Gasteiger partial charge < -0.3 is 14.6 Å². The summed E-state index contributed by atoms with van der Waals surface area (Å²) in [5, 5.41) is 19.4. The van der Waals surface area contributed by atoms with Gasteiger partial charge in [0.05, 0.1) is 11.8 Å². The highest BCUT2D eigenvalue weighted by Crippen LogP contribution is 2.37. The topological polar surface area (TPSA) is 53.6 Å². The number of rotatable bonds is 2. The lowest BCUT2D eigenvalue weighted by molar-refractivity contribution is 0.439. The molecule has 0 saturated heterocycles. The van der Waals surface area contributed by atoms with Crippen LogP contribution < -0.4 is 0 Å². The van der Waals surface area contributed by atoms with Gasteiger partial charge >= 0.3 is 0 Å². The molecule has 0 aliphatic rings. The monoisotopic (exact) mass is 204 g/mol. The maximum Gasteiger partial charge on any atom is 0.137 e. The molecule has 1 aromatic heterocycles. The molecule has 0 aliphatic heterocycles. The van der Waals surface area contributed by atoms with Gasteiger partial charge in [0.2, 0.25) is 0 Å². The first-order chi connectivity index (χ1) is 7.24. The summed E-state index contributed by atoms with van der Waals surface area (Å²) in [5.41, 5.74) is 1.15. The number of hydrogen-bond acceptors (Lipinski definition) is 3. The highest BCUT2D eigenvalue weighted by Gasteiger charge is 2.13. The fourth-order valence-electron chi connectivity index (χ4n) is 1.60. The minimum Gasteiger partial charge on any atom is -0.508 e. The van der Waals surface area contributed by atoms with Crippen molar-refractivity contribution in [2.24, 2.45) is 0 Å². The Morgan fingerprint density at radius 3 is 2.60 bits per heavy atom. The lowest BCUT2D eigenvalue weighted by atomic mass is 10.0. The van der Waals surface area contributed by atoms with Crippen LogP contribution in [0.15, 0.2) is 34.9 Å². The van der Waals surface area contributed by atoms with E-state index in [0.717, 1.165) is 0 Å². The molecule has 3 nitrogen and oxygen atoms in total. The molecule has 0 fully saturated rings. The van der Waals surface area contributed by atoms with Gasteiger partial charge in [0.1, 0.15) is 17.3 Å². The third kappa shape index (κ3) is 1.56. The van der Waals surface area contributed by atoms with Crippen LogP contribution in [0.2, 0.25) is 0 Å². The van der Waals surface area contributed by atoms with Gasteiger partial charge in [0.15, 0.2) is 0 Å². The minimum atomic E-state index is 0.0902. The molecule has 0 bridgehead atoms. The first-order valence-corrected chi connectivity index (χ1v) is 4.81. The molecule has 0 saturated carbocycles. The van der Waals surface area contributed by atoms with E-state index in [0.29, 0.717) is 23.3 Å². The zero-order chi connectivity index (χ0) is 10.8. The Labute approximate surface area is 87.6 Å². The van der Waals surface area contributed by atoms with E-state index >= 15 is 0 Å². The Morgan fingerprint density at radius 1 is 1.20 bits per heavy atom. The van der Waals surface area contributed by atoms with Gasteiger partial charge in [-0.3, -0.25) is 0 Å². The molecule has 2 rings (SSSR count). The molecule has 15 heavy (non-hydrogen) atoms. The Kier molecular flexibility index (Phi) is 2.37. The van der Waals surface area contributed by atoms with E-state index in [2.05, 4.69) is 0 Å². The van der Waals surface area contributed by atoms with Crippen molar-refractivity contribution in [3.8, 4) is 22.8 Å². The summed E-state index contributed by atoms with van der Waals surface area (Å²) >= 11 is 0. The minimum absolute atomic E-state index is 0.0902. The number of furan rings is 1. The van der Waals surface area contributed by atoms with Crippen LogP contribution in [0.25, 0.3) is 11.3 Å². The van der Waals surface area contributed by atoms with Gasteiger partial charge in [-0.25, -0.2) is 0 Å². The fourth-order valence-corrected chi connectivity index (χ4v) is 1.60. The zero-order valence-corrected chi connectivity index (χ0v) is 8.40. The molecule has 78 valence electrons. The first-order valence-electron chi connectivity index (χ1n) is 4.81. The Bertz CT molecular complexity index is 458. The molecule has 0 aliphatic carbocycles. The maximum atomic E-state index is 9.92. The third-order valence-corrected chi connectivity index (χ3v) is 2.40. The smallest absolute Gasteiger partial charge is 0.137 e. The molecular formula is C12H12O3. The van der Waals surface area contributed by atoms with Crippen molar-refractivity contribution in [2.75, 3.05) is 0 Å². The lowest BCUT2D eigenvalue weighted by Crippen LogP contribution is -1.86. The Balaban J connectivity index is 2.60. The molecule has 2 aromatic rings. The number of benzene rings is 1. The van der Waals surface area contributed by atoms with E-state index in [9.17, 15) is 10.2 Å². The summed E-state index contributed by atoms with van der Waals surface area (Å²) in [4.78, 5) is 0. The van der Waals surface area contributed by atoms with Gasteiger partial charge in [-0.05, 0) is 30.7 Å². The summed E-state index contributed by atoms with van der Waals surface area (Å²) in [6.45, 7) is 1.88. The average Bonchev–Trinajstić information content (AvgIpc) is 2.71. The van der Waals surface area contributed by atoms with Crippen molar-refractivity contribution >= 4 is 0 Å². The predicted octanol–water partition coefficient (Wildman–Crippen LogP) is 2.92. The van der Waals surface area contributed by atoms with E-state index in [1.807, 2.05) is 6.92 Å².